The third-order valence-electron chi connectivity index (χ3n) is 2.80. The summed E-state index contributed by atoms with van der Waals surface area (Å²) in [5.74, 6) is 0.919. The average Bonchev–Trinajstić information content (AvgIpc) is 2.65. The number of carbonyl (C=O) groups excluding carboxylic acids is 1. The van der Waals surface area contributed by atoms with Gasteiger partial charge in [0.05, 0.1) is 6.54 Å². The van der Waals surface area contributed by atoms with Crippen LogP contribution in [0.15, 0.2) is 4.79 Å². The first kappa shape index (κ1) is 12.8. The molecule has 0 aliphatic carbocycles. The van der Waals surface area contributed by atoms with Gasteiger partial charge in [0.25, 0.3) is 0 Å². The SMILES string of the molecule is CC(C)CNC(=O)Cn1nc2n(c1=O)CCNC2. The van der Waals surface area contributed by atoms with Gasteiger partial charge >= 0.3 is 5.69 Å². The van der Waals surface area contributed by atoms with Gasteiger partial charge in [-0.3, -0.25) is 9.36 Å². The topological polar surface area (TPSA) is 81.0 Å². The Bertz CT molecular complexity index is 488. The highest BCUT2D eigenvalue weighted by molar-refractivity contribution is 5.75. The number of nitrogens with one attached hydrogen (secondary N) is 2. The summed E-state index contributed by atoms with van der Waals surface area (Å²) in [6.45, 7) is 6.60. The third-order valence-corrected chi connectivity index (χ3v) is 2.80. The van der Waals surface area contributed by atoms with Crippen molar-refractivity contribution in [3.05, 3.63) is 16.3 Å². The lowest BCUT2D eigenvalue weighted by Crippen LogP contribution is -2.37. The summed E-state index contributed by atoms with van der Waals surface area (Å²) in [7, 11) is 0. The van der Waals surface area contributed by atoms with Gasteiger partial charge in [-0.25, -0.2) is 9.48 Å². The van der Waals surface area contributed by atoms with Crippen molar-refractivity contribution in [1.29, 1.82) is 0 Å². The van der Waals surface area contributed by atoms with Crippen LogP contribution in [0.1, 0.15) is 19.7 Å². The lowest BCUT2D eigenvalue weighted by atomic mass is 10.2. The Balaban J connectivity index is 2.03. The Morgan fingerprint density at radius 3 is 3.00 bits per heavy atom. The molecule has 0 atom stereocenters. The van der Waals surface area contributed by atoms with Crippen LogP contribution in [-0.4, -0.2) is 33.3 Å². The first-order chi connectivity index (χ1) is 8.58. The maximum absolute atomic E-state index is 11.9. The van der Waals surface area contributed by atoms with E-state index in [-0.39, 0.29) is 18.1 Å². The Morgan fingerprint density at radius 2 is 2.33 bits per heavy atom. The smallest absolute Gasteiger partial charge is 0.346 e. The first-order valence-electron chi connectivity index (χ1n) is 6.22. The second-order valence-electron chi connectivity index (χ2n) is 4.88. The predicted octanol–water partition coefficient (Wildman–Crippen LogP) is -1.08. The monoisotopic (exact) mass is 253 g/mol. The summed E-state index contributed by atoms with van der Waals surface area (Å²) in [5.41, 5.74) is -0.203. The minimum absolute atomic E-state index is 0.00838. The number of aromatic nitrogens is 3. The molecule has 0 bridgehead atoms. The molecule has 18 heavy (non-hydrogen) atoms. The molecule has 2 rings (SSSR count). The fourth-order valence-electron chi connectivity index (χ4n) is 1.85. The van der Waals surface area contributed by atoms with Gasteiger partial charge in [0, 0.05) is 19.6 Å². The van der Waals surface area contributed by atoms with Crippen molar-refractivity contribution in [3.8, 4) is 0 Å². The van der Waals surface area contributed by atoms with Crippen LogP contribution in [0.25, 0.3) is 0 Å². The molecule has 2 heterocycles. The van der Waals surface area contributed by atoms with E-state index in [0.29, 0.717) is 31.4 Å². The van der Waals surface area contributed by atoms with Crippen LogP contribution >= 0.6 is 0 Å². The van der Waals surface area contributed by atoms with Crippen molar-refractivity contribution in [2.24, 2.45) is 5.92 Å². The molecule has 0 saturated carbocycles. The molecule has 100 valence electrons. The van der Waals surface area contributed by atoms with Gasteiger partial charge in [-0.05, 0) is 5.92 Å². The maximum Gasteiger partial charge on any atom is 0.346 e. The predicted molar refractivity (Wildman–Crippen MR) is 66.0 cm³/mol. The molecule has 0 radical (unpaired) electrons. The van der Waals surface area contributed by atoms with Gasteiger partial charge in [0.2, 0.25) is 5.91 Å². The van der Waals surface area contributed by atoms with E-state index in [1.807, 2.05) is 13.8 Å². The van der Waals surface area contributed by atoms with Gasteiger partial charge in [0.15, 0.2) is 0 Å². The molecule has 0 unspecified atom stereocenters. The number of hydrogen-bond acceptors (Lipinski definition) is 4. The largest absolute Gasteiger partial charge is 0.354 e. The highest BCUT2D eigenvalue weighted by atomic mass is 16.2. The molecule has 0 spiro atoms. The van der Waals surface area contributed by atoms with Crippen LogP contribution < -0.4 is 16.3 Å². The van der Waals surface area contributed by atoms with E-state index in [9.17, 15) is 9.59 Å². The van der Waals surface area contributed by atoms with Gasteiger partial charge in [-0.2, -0.15) is 5.10 Å². The van der Waals surface area contributed by atoms with Crippen molar-refractivity contribution in [1.82, 2.24) is 25.0 Å². The molecule has 1 aliphatic rings. The van der Waals surface area contributed by atoms with Crippen LogP contribution in [0.5, 0.6) is 0 Å². The Kier molecular flexibility index (Phi) is 3.81. The van der Waals surface area contributed by atoms with Crippen LogP contribution in [0.3, 0.4) is 0 Å². The zero-order valence-corrected chi connectivity index (χ0v) is 10.8. The molecule has 2 N–H and O–H groups in total. The minimum atomic E-state index is -0.203. The molecule has 1 amide bonds. The molecule has 1 aromatic rings. The van der Waals surface area contributed by atoms with E-state index in [0.717, 1.165) is 6.54 Å². The number of rotatable bonds is 4. The summed E-state index contributed by atoms with van der Waals surface area (Å²) >= 11 is 0. The zero-order chi connectivity index (χ0) is 13.1. The quantitative estimate of drug-likeness (QED) is 0.715. The summed E-state index contributed by atoms with van der Waals surface area (Å²) in [6, 6.07) is 0. The molecule has 1 aromatic heterocycles. The summed E-state index contributed by atoms with van der Waals surface area (Å²) < 4.78 is 2.85. The van der Waals surface area contributed by atoms with E-state index in [2.05, 4.69) is 15.7 Å². The lowest BCUT2D eigenvalue weighted by Gasteiger charge is -2.11. The zero-order valence-electron chi connectivity index (χ0n) is 10.8. The summed E-state index contributed by atoms with van der Waals surface area (Å²) in [6.07, 6.45) is 0. The summed E-state index contributed by atoms with van der Waals surface area (Å²) in [5, 5.41) is 10.1. The molecular weight excluding hydrogens is 234 g/mol. The van der Waals surface area contributed by atoms with Gasteiger partial charge in [-0.1, -0.05) is 13.8 Å². The number of nitrogens with zero attached hydrogens (tertiary/aromatic N) is 3. The van der Waals surface area contributed by atoms with Gasteiger partial charge < -0.3 is 10.6 Å². The number of hydrogen-bond donors (Lipinski definition) is 2. The van der Waals surface area contributed by atoms with E-state index >= 15 is 0 Å². The standard InChI is InChI=1S/C11H19N5O2/c1-8(2)5-13-10(17)7-16-11(18)15-4-3-12-6-9(15)14-16/h8,12H,3-7H2,1-2H3,(H,13,17). The summed E-state index contributed by atoms with van der Waals surface area (Å²) in [4.78, 5) is 23.6. The number of amides is 1. The molecule has 1 aliphatic heterocycles. The van der Waals surface area contributed by atoms with Crippen LogP contribution in [0.4, 0.5) is 0 Å². The van der Waals surface area contributed by atoms with Crippen molar-refractivity contribution >= 4 is 5.91 Å². The average molecular weight is 253 g/mol. The maximum atomic E-state index is 11.9. The third kappa shape index (κ3) is 2.79. The van der Waals surface area contributed by atoms with Crippen molar-refractivity contribution < 1.29 is 4.79 Å². The second-order valence-corrected chi connectivity index (χ2v) is 4.88. The molecule has 0 aromatic carbocycles. The molecule has 7 nitrogen and oxygen atoms in total. The van der Waals surface area contributed by atoms with E-state index in [1.165, 1.54) is 4.68 Å². The first-order valence-corrected chi connectivity index (χ1v) is 6.22. The van der Waals surface area contributed by atoms with Gasteiger partial charge in [-0.15, -0.1) is 0 Å². The van der Waals surface area contributed by atoms with E-state index in [4.69, 9.17) is 0 Å². The molecular formula is C11H19N5O2. The fourth-order valence-corrected chi connectivity index (χ4v) is 1.85. The molecule has 7 heteroatoms. The van der Waals surface area contributed by atoms with Crippen LogP contribution in [-0.2, 0) is 24.4 Å². The Hall–Kier alpha value is -1.63. The molecule has 0 saturated heterocycles. The second kappa shape index (κ2) is 5.34. The van der Waals surface area contributed by atoms with E-state index < -0.39 is 0 Å². The highest BCUT2D eigenvalue weighted by Crippen LogP contribution is 1.97. The van der Waals surface area contributed by atoms with Crippen molar-refractivity contribution in [2.45, 2.75) is 33.5 Å². The molecule has 0 fully saturated rings. The Morgan fingerprint density at radius 1 is 1.56 bits per heavy atom. The van der Waals surface area contributed by atoms with E-state index in [1.54, 1.807) is 4.57 Å². The lowest BCUT2D eigenvalue weighted by molar-refractivity contribution is -0.122. The van der Waals surface area contributed by atoms with Crippen molar-refractivity contribution in [2.75, 3.05) is 13.1 Å². The number of fused-ring (bicyclic) bond motifs is 1. The van der Waals surface area contributed by atoms with Crippen molar-refractivity contribution in [3.63, 3.8) is 0 Å². The minimum Gasteiger partial charge on any atom is -0.354 e. The fraction of sp³-hybridized carbons (Fsp3) is 0.727. The Labute approximate surface area is 105 Å². The normalized spacial score (nSPS) is 14.6. The highest BCUT2D eigenvalue weighted by Gasteiger charge is 2.17. The van der Waals surface area contributed by atoms with Crippen LogP contribution in [0, 0.1) is 5.92 Å². The van der Waals surface area contributed by atoms with Crippen LogP contribution in [0.2, 0.25) is 0 Å². The van der Waals surface area contributed by atoms with Gasteiger partial charge in [0.1, 0.15) is 12.4 Å². The number of carbonyl (C=O) groups is 1.